The van der Waals surface area contributed by atoms with Gasteiger partial charge in [0.1, 0.15) is 0 Å². The SMILES string of the molecule is CC(=O)c1ccc(O)c2[nH+]cccc12. The third kappa shape index (κ3) is 1.23. The Morgan fingerprint density at radius 3 is 2.86 bits per heavy atom. The summed E-state index contributed by atoms with van der Waals surface area (Å²) < 4.78 is 0. The fourth-order valence-electron chi connectivity index (χ4n) is 1.52. The van der Waals surface area contributed by atoms with Crippen molar-refractivity contribution >= 4 is 16.7 Å². The number of pyridine rings is 1. The number of fused-ring (bicyclic) bond motifs is 1. The number of phenolic OH excluding ortho intramolecular Hbond substituents is 1. The van der Waals surface area contributed by atoms with Crippen molar-refractivity contribution in [3.05, 3.63) is 36.0 Å². The average molecular weight is 188 g/mol. The van der Waals surface area contributed by atoms with Gasteiger partial charge in [0.15, 0.2) is 17.7 Å². The maximum absolute atomic E-state index is 11.3. The Bertz CT molecular complexity index is 506. The van der Waals surface area contributed by atoms with E-state index < -0.39 is 0 Å². The summed E-state index contributed by atoms with van der Waals surface area (Å²) in [5.74, 6) is 0.153. The number of Topliss-reactive ketones (excluding diaryl/α,β-unsaturated/α-hetero) is 1. The molecule has 1 heterocycles. The molecule has 3 nitrogen and oxygen atoms in total. The third-order valence-corrected chi connectivity index (χ3v) is 2.19. The Balaban J connectivity index is 2.88. The molecule has 1 aromatic carbocycles. The summed E-state index contributed by atoms with van der Waals surface area (Å²) in [6.45, 7) is 1.51. The summed E-state index contributed by atoms with van der Waals surface area (Å²) in [5, 5.41) is 10.3. The molecule has 14 heavy (non-hydrogen) atoms. The normalized spacial score (nSPS) is 10.4. The van der Waals surface area contributed by atoms with Crippen molar-refractivity contribution in [2.75, 3.05) is 0 Å². The number of phenols is 1. The molecule has 70 valence electrons. The topological polar surface area (TPSA) is 51.4 Å². The Hall–Kier alpha value is -1.90. The van der Waals surface area contributed by atoms with Gasteiger partial charge < -0.3 is 5.11 Å². The van der Waals surface area contributed by atoms with Crippen LogP contribution in [-0.4, -0.2) is 10.9 Å². The van der Waals surface area contributed by atoms with Gasteiger partial charge >= 0.3 is 0 Å². The monoisotopic (exact) mass is 188 g/mol. The van der Waals surface area contributed by atoms with Crippen molar-refractivity contribution in [2.24, 2.45) is 0 Å². The van der Waals surface area contributed by atoms with E-state index in [-0.39, 0.29) is 11.5 Å². The molecule has 2 aromatic rings. The van der Waals surface area contributed by atoms with Crippen molar-refractivity contribution < 1.29 is 14.9 Å². The highest BCUT2D eigenvalue weighted by Gasteiger charge is 2.12. The Morgan fingerprint density at radius 2 is 2.14 bits per heavy atom. The zero-order valence-electron chi connectivity index (χ0n) is 7.74. The van der Waals surface area contributed by atoms with Crippen molar-refractivity contribution in [3.63, 3.8) is 0 Å². The maximum Gasteiger partial charge on any atom is 0.253 e. The number of hydrogen-bond donors (Lipinski definition) is 1. The number of hydrogen-bond acceptors (Lipinski definition) is 2. The van der Waals surface area contributed by atoms with Crippen molar-refractivity contribution in [1.29, 1.82) is 0 Å². The molecular formula is C11H10NO2+. The molecule has 2 rings (SSSR count). The van der Waals surface area contributed by atoms with Crippen LogP contribution in [0.4, 0.5) is 0 Å². The van der Waals surface area contributed by atoms with Crippen LogP contribution in [0.3, 0.4) is 0 Å². The van der Waals surface area contributed by atoms with Gasteiger partial charge in [-0.15, -0.1) is 0 Å². The molecule has 1 aromatic heterocycles. The van der Waals surface area contributed by atoms with Crippen LogP contribution < -0.4 is 4.98 Å². The zero-order valence-corrected chi connectivity index (χ0v) is 7.74. The number of aromatic amines is 1. The Kier molecular flexibility index (Phi) is 1.93. The first-order valence-corrected chi connectivity index (χ1v) is 4.33. The van der Waals surface area contributed by atoms with Crippen LogP contribution >= 0.6 is 0 Å². The molecule has 0 unspecified atom stereocenters. The molecule has 0 aliphatic carbocycles. The van der Waals surface area contributed by atoms with Gasteiger partial charge in [-0.3, -0.25) is 4.79 Å². The molecule has 3 heteroatoms. The number of H-pyrrole nitrogens is 1. The van der Waals surface area contributed by atoms with Gasteiger partial charge in [-0.25, -0.2) is 4.98 Å². The first-order chi connectivity index (χ1) is 6.70. The summed E-state index contributed by atoms with van der Waals surface area (Å²) in [6, 6.07) is 6.76. The standard InChI is InChI=1S/C11H9NO2/c1-7(13)8-4-5-10(14)11-9(8)3-2-6-12-11/h2-6,14H,1H3/p+1. The molecule has 0 spiro atoms. The van der Waals surface area contributed by atoms with Gasteiger partial charge in [0.2, 0.25) is 0 Å². The predicted octanol–water partition coefficient (Wildman–Crippen LogP) is 1.56. The van der Waals surface area contributed by atoms with E-state index in [1.54, 1.807) is 18.3 Å². The summed E-state index contributed by atoms with van der Waals surface area (Å²) in [4.78, 5) is 14.2. The lowest BCUT2D eigenvalue weighted by molar-refractivity contribution is -0.345. The van der Waals surface area contributed by atoms with Crippen molar-refractivity contribution in [3.8, 4) is 5.75 Å². The number of carbonyl (C=O) groups is 1. The molecule has 0 aliphatic heterocycles. The van der Waals surface area contributed by atoms with Crippen LogP contribution in [0.25, 0.3) is 10.9 Å². The first kappa shape index (κ1) is 8.69. The van der Waals surface area contributed by atoms with Gasteiger partial charge in [0.05, 0.1) is 5.39 Å². The molecule has 0 amide bonds. The van der Waals surface area contributed by atoms with Gasteiger partial charge in [0, 0.05) is 11.6 Å². The highest BCUT2D eigenvalue weighted by Crippen LogP contribution is 2.23. The molecule has 0 saturated heterocycles. The number of aromatic nitrogens is 1. The third-order valence-electron chi connectivity index (χ3n) is 2.19. The largest absolute Gasteiger partial charge is 0.502 e. The van der Waals surface area contributed by atoms with E-state index in [0.29, 0.717) is 11.1 Å². The molecular weight excluding hydrogens is 178 g/mol. The summed E-state index contributed by atoms with van der Waals surface area (Å²) in [5.41, 5.74) is 1.22. The van der Waals surface area contributed by atoms with Crippen LogP contribution in [0, 0.1) is 0 Å². The highest BCUT2D eigenvalue weighted by molar-refractivity contribution is 6.06. The second-order valence-corrected chi connectivity index (χ2v) is 3.15. The Morgan fingerprint density at radius 1 is 1.36 bits per heavy atom. The van der Waals surface area contributed by atoms with E-state index in [1.165, 1.54) is 13.0 Å². The number of carbonyl (C=O) groups excluding carboxylic acids is 1. The lowest BCUT2D eigenvalue weighted by atomic mass is 10.1. The predicted molar refractivity (Wildman–Crippen MR) is 52.2 cm³/mol. The van der Waals surface area contributed by atoms with Crippen LogP contribution in [0.2, 0.25) is 0 Å². The second-order valence-electron chi connectivity index (χ2n) is 3.15. The number of benzene rings is 1. The number of nitrogens with one attached hydrogen (secondary N) is 1. The molecule has 0 radical (unpaired) electrons. The highest BCUT2D eigenvalue weighted by atomic mass is 16.3. The minimum atomic E-state index is -0.00500. The van der Waals surface area contributed by atoms with Gasteiger partial charge in [-0.2, -0.15) is 0 Å². The number of rotatable bonds is 1. The van der Waals surface area contributed by atoms with Crippen molar-refractivity contribution in [1.82, 2.24) is 0 Å². The van der Waals surface area contributed by atoms with E-state index in [1.807, 2.05) is 6.07 Å². The Labute approximate surface area is 81.0 Å². The minimum Gasteiger partial charge on any atom is -0.502 e. The van der Waals surface area contributed by atoms with E-state index in [9.17, 15) is 9.90 Å². The van der Waals surface area contributed by atoms with Gasteiger partial charge in [-0.05, 0) is 25.1 Å². The number of aromatic hydroxyl groups is 1. The van der Waals surface area contributed by atoms with Crippen LogP contribution in [-0.2, 0) is 0 Å². The van der Waals surface area contributed by atoms with Crippen LogP contribution in [0.15, 0.2) is 30.5 Å². The average Bonchev–Trinajstić information content (AvgIpc) is 2.18. The van der Waals surface area contributed by atoms with E-state index in [0.717, 1.165) is 5.39 Å². The number of ketones is 1. The fraction of sp³-hybridized carbons (Fsp3) is 0.0909. The van der Waals surface area contributed by atoms with Crippen LogP contribution in [0.1, 0.15) is 17.3 Å². The summed E-state index contributed by atoms with van der Waals surface area (Å²) >= 11 is 0. The molecule has 0 fully saturated rings. The van der Waals surface area contributed by atoms with Gasteiger partial charge in [-0.1, -0.05) is 0 Å². The summed E-state index contributed by atoms with van der Waals surface area (Å²) in [7, 11) is 0. The lowest BCUT2D eigenvalue weighted by Gasteiger charge is -1.99. The smallest absolute Gasteiger partial charge is 0.253 e. The van der Waals surface area contributed by atoms with E-state index >= 15 is 0 Å². The zero-order chi connectivity index (χ0) is 10.1. The molecule has 0 bridgehead atoms. The van der Waals surface area contributed by atoms with Crippen molar-refractivity contribution in [2.45, 2.75) is 6.92 Å². The first-order valence-electron chi connectivity index (χ1n) is 4.33. The molecule has 0 aliphatic rings. The van der Waals surface area contributed by atoms with Crippen LogP contribution in [0.5, 0.6) is 5.75 Å². The second kappa shape index (κ2) is 3.10. The van der Waals surface area contributed by atoms with E-state index in [4.69, 9.17) is 0 Å². The molecule has 0 atom stereocenters. The quantitative estimate of drug-likeness (QED) is 0.690. The fourth-order valence-corrected chi connectivity index (χ4v) is 1.52. The summed E-state index contributed by atoms with van der Waals surface area (Å²) in [6.07, 6.45) is 1.71. The molecule has 0 saturated carbocycles. The molecule has 2 N–H and O–H groups in total. The lowest BCUT2D eigenvalue weighted by Crippen LogP contribution is -2.04. The van der Waals surface area contributed by atoms with E-state index in [2.05, 4.69) is 4.98 Å². The maximum atomic E-state index is 11.3. The van der Waals surface area contributed by atoms with Gasteiger partial charge in [0.25, 0.3) is 5.52 Å². The minimum absolute atomic E-state index is 0.00500.